The Balaban J connectivity index is 2.49. The Morgan fingerprint density at radius 2 is 2.22 bits per heavy atom. The first-order chi connectivity index (χ1) is 8.47. The zero-order valence-corrected chi connectivity index (χ0v) is 13.3. The molecule has 1 heterocycles. The molecule has 0 radical (unpaired) electrons. The molecule has 0 bridgehead atoms. The largest absolute Gasteiger partial charge is 0.396 e. The van der Waals surface area contributed by atoms with Crippen LogP contribution in [0.1, 0.15) is 37.9 Å². The van der Waals surface area contributed by atoms with Gasteiger partial charge in [0.15, 0.2) is 0 Å². The van der Waals surface area contributed by atoms with Crippen molar-refractivity contribution in [3.05, 3.63) is 16.1 Å². The van der Waals surface area contributed by atoms with Gasteiger partial charge in [-0.2, -0.15) is 11.8 Å². The maximum atomic E-state index is 9.01. The van der Waals surface area contributed by atoms with Crippen LogP contribution in [0.2, 0.25) is 0 Å². The molecule has 0 aromatic carbocycles. The van der Waals surface area contributed by atoms with E-state index in [1.54, 1.807) is 23.1 Å². The molecule has 0 aliphatic carbocycles. The molecule has 1 atom stereocenters. The van der Waals surface area contributed by atoms with E-state index in [1.165, 1.54) is 5.01 Å². The summed E-state index contributed by atoms with van der Waals surface area (Å²) in [6.07, 6.45) is 2.89. The SMILES string of the molecule is CSCC(CCO)NCc1csc(C(C)(C)C)n1. The molecule has 1 unspecified atom stereocenters. The molecular formula is C13H24N2OS2. The molecule has 0 fully saturated rings. The highest BCUT2D eigenvalue weighted by molar-refractivity contribution is 7.98. The first-order valence-electron chi connectivity index (χ1n) is 6.25. The summed E-state index contributed by atoms with van der Waals surface area (Å²) in [5.74, 6) is 1.02. The number of thiazole rings is 1. The van der Waals surface area contributed by atoms with Crippen molar-refractivity contribution in [1.29, 1.82) is 0 Å². The third-order valence-electron chi connectivity index (χ3n) is 2.61. The first-order valence-corrected chi connectivity index (χ1v) is 8.52. The molecule has 0 amide bonds. The zero-order valence-electron chi connectivity index (χ0n) is 11.7. The molecule has 104 valence electrons. The standard InChI is InChI=1S/C13H24N2OS2/c1-13(2,3)12-15-11(9-18-12)7-14-10(5-6-16)8-17-4/h9-10,14,16H,5-8H2,1-4H3. The molecule has 0 saturated carbocycles. The Labute approximate surface area is 118 Å². The van der Waals surface area contributed by atoms with Crippen LogP contribution in [0.4, 0.5) is 0 Å². The van der Waals surface area contributed by atoms with Gasteiger partial charge in [-0.05, 0) is 12.7 Å². The van der Waals surface area contributed by atoms with E-state index in [0.717, 1.165) is 24.4 Å². The first kappa shape index (κ1) is 16.0. The van der Waals surface area contributed by atoms with Gasteiger partial charge in [-0.1, -0.05) is 20.8 Å². The highest BCUT2D eigenvalue weighted by Gasteiger charge is 2.18. The minimum Gasteiger partial charge on any atom is -0.396 e. The van der Waals surface area contributed by atoms with Crippen LogP contribution < -0.4 is 5.32 Å². The second kappa shape index (κ2) is 7.48. The predicted octanol–water partition coefficient (Wildman–Crippen LogP) is 2.64. The van der Waals surface area contributed by atoms with Crippen LogP contribution in [-0.4, -0.2) is 34.7 Å². The van der Waals surface area contributed by atoms with E-state index in [9.17, 15) is 0 Å². The van der Waals surface area contributed by atoms with Crippen LogP contribution in [0.25, 0.3) is 0 Å². The Bertz CT molecular complexity index is 341. The number of aliphatic hydroxyl groups is 1. The minimum absolute atomic E-state index is 0.132. The Hall–Kier alpha value is -0.100. The number of aromatic nitrogens is 1. The summed E-state index contributed by atoms with van der Waals surface area (Å²) >= 11 is 3.53. The molecular weight excluding hydrogens is 264 g/mol. The molecule has 3 nitrogen and oxygen atoms in total. The van der Waals surface area contributed by atoms with Crippen LogP contribution in [0, 0.1) is 0 Å². The maximum Gasteiger partial charge on any atom is 0.0982 e. The summed E-state index contributed by atoms with van der Waals surface area (Å²) in [7, 11) is 0. The van der Waals surface area contributed by atoms with Crippen LogP contribution in [0.5, 0.6) is 0 Å². The average Bonchev–Trinajstić information content (AvgIpc) is 2.75. The Morgan fingerprint density at radius 3 is 2.72 bits per heavy atom. The third-order valence-corrected chi connectivity index (χ3v) is 4.66. The number of nitrogens with zero attached hydrogens (tertiary/aromatic N) is 1. The van der Waals surface area contributed by atoms with Gasteiger partial charge in [-0.15, -0.1) is 11.3 Å². The van der Waals surface area contributed by atoms with Gasteiger partial charge in [-0.25, -0.2) is 4.98 Å². The predicted molar refractivity (Wildman–Crippen MR) is 81.5 cm³/mol. The lowest BCUT2D eigenvalue weighted by molar-refractivity contribution is 0.269. The number of aliphatic hydroxyl groups excluding tert-OH is 1. The summed E-state index contributed by atoms with van der Waals surface area (Å²) in [6, 6.07) is 0.366. The highest BCUT2D eigenvalue weighted by atomic mass is 32.2. The van der Waals surface area contributed by atoms with Gasteiger partial charge in [0, 0.05) is 35.7 Å². The molecule has 1 rings (SSSR count). The summed E-state index contributed by atoms with van der Waals surface area (Å²) in [6.45, 7) is 7.59. The third kappa shape index (κ3) is 5.26. The van der Waals surface area contributed by atoms with Crippen molar-refractivity contribution in [3.63, 3.8) is 0 Å². The van der Waals surface area contributed by atoms with Gasteiger partial charge in [-0.3, -0.25) is 0 Å². The van der Waals surface area contributed by atoms with Crippen molar-refractivity contribution in [2.24, 2.45) is 0 Å². The molecule has 0 spiro atoms. The molecule has 0 aliphatic heterocycles. The number of hydrogen-bond donors (Lipinski definition) is 2. The van der Waals surface area contributed by atoms with Gasteiger partial charge in [0.1, 0.15) is 0 Å². The van der Waals surface area contributed by atoms with Gasteiger partial charge in [0.05, 0.1) is 10.7 Å². The second-order valence-electron chi connectivity index (χ2n) is 5.44. The van der Waals surface area contributed by atoms with E-state index in [1.807, 2.05) is 0 Å². The fourth-order valence-electron chi connectivity index (χ4n) is 1.58. The average molecular weight is 288 g/mol. The quantitative estimate of drug-likeness (QED) is 0.809. The molecule has 0 saturated heterocycles. The van der Waals surface area contributed by atoms with Crippen molar-refractivity contribution in [2.45, 2.75) is 45.2 Å². The lowest BCUT2D eigenvalue weighted by Gasteiger charge is -2.16. The Morgan fingerprint density at radius 1 is 1.50 bits per heavy atom. The fourth-order valence-corrected chi connectivity index (χ4v) is 3.18. The maximum absolute atomic E-state index is 9.01. The molecule has 1 aromatic rings. The van der Waals surface area contributed by atoms with Gasteiger partial charge in [0.25, 0.3) is 0 Å². The van der Waals surface area contributed by atoms with Gasteiger partial charge >= 0.3 is 0 Å². The number of hydrogen-bond acceptors (Lipinski definition) is 5. The van der Waals surface area contributed by atoms with E-state index >= 15 is 0 Å². The highest BCUT2D eigenvalue weighted by Crippen LogP contribution is 2.25. The van der Waals surface area contributed by atoms with E-state index in [-0.39, 0.29) is 12.0 Å². The van der Waals surface area contributed by atoms with Crippen LogP contribution in [-0.2, 0) is 12.0 Å². The minimum atomic E-state index is 0.132. The number of thioether (sulfide) groups is 1. The molecule has 18 heavy (non-hydrogen) atoms. The van der Waals surface area contributed by atoms with Gasteiger partial charge in [0.2, 0.25) is 0 Å². The molecule has 2 N–H and O–H groups in total. The van der Waals surface area contributed by atoms with Crippen molar-refractivity contribution in [2.75, 3.05) is 18.6 Å². The number of rotatable bonds is 7. The Kier molecular flexibility index (Phi) is 6.63. The lowest BCUT2D eigenvalue weighted by Crippen LogP contribution is -2.32. The van der Waals surface area contributed by atoms with Crippen LogP contribution in [0.3, 0.4) is 0 Å². The van der Waals surface area contributed by atoms with Crippen molar-refractivity contribution in [1.82, 2.24) is 10.3 Å². The summed E-state index contributed by atoms with van der Waals surface area (Å²) < 4.78 is 0. The van der Waals surface area contributed by atoms with Crippen LogP contribution >= 0.6 is 23.1 Å². The fraction of sp³-hybridized carbons (Fsp3) is 0.769. The van der Waals surface area contributed by atoms with Crippen molar-refractivity contribution < 1.29 is 5.11 Å². The number of nitrogens with one attached hydrogen (secondary N) is 1. The topological polar surface area (TPSA) is 45.1 Å². The van der Waals surface area contributed by atoms with E-state index in [2.05, 4.69) is 42.7 Å². The second-order valence-corrected chi connectivity index (χ2v) is 7.21. The molecule has 5 heteroatoms. The zero-order chi connectivity index (χ0) is 13.6. The molecule has 0 aliphatic rings. The normalized spacial score (nSPS) is 13.8. The van der Waals surface area contributed by atoms with Gasteiger partial charge < -0.3 is 10.4 Å². The van der Waals surface area contributed by atoms with E-state index in [0.29, 0.717) is 6.04 Å². The smallest absolute Gasteiger partial charge is 0.0982 e. The van der Waals surface area contributed by atoms with Crippen molar-refractivity contribution in [3.8, 4) is 0 Å². The monoisotopic (exact) mass is 288 g/mol. The van der Waals surface area contributed by atoms with E-state index < -0.39 is 0 Å². The summed E-state index contributed by atoms with van der Waals surface area (Å²) in [4.78, 5) is 4.66. The lowest BCUT2D eigenvalue weighted by atomic mass is 9.98. The summed E-state index contributed by atoms with van der Waals surface area (Å²) in [5.41, 5.74) is 1.24. The van der Waals surface area contributed by atoms with Crippen LogP contribution in [0.15, 0.2) is 5.38 Å². The summed E-state index contributed by atoms with van der Waals surface area (Å²) in [5, 5.41) is 15.8. The van der Waals surface area contributed by atoms with Crippen molar-refractivity contribution >= 4 is 23.1 Å². The molecule has 1 aromatic heterocycles. The van der Waals surface area contributed by atoms with E-state index in [4.69, 9.17) is 5.11 Å².